The third kappa shape index (κ3) is 14.4. The summed E-state index contributed by atoms with van der Waals surface area (Å²) in [5.41, 5.74) is 0. The fraction of sp³-hybridized carbons (Fsp3) is 0.667. The van der Waals surface area contributed by atoms with E-state index in [4.69, 9.17) is 9.66 Å². The number of rotatable bonds is 3. The zero-order valence-electron chi connectivity index (χ0n) is 8.44. The van der Waals surface area contributed by atoms with Crippen LogP contribution in [0.4, 0.5) is 0 Å². The molecule has 0 aromatic carbocycles. The van der Waals surface area contributed by atoms with Crippen LogP contribution in [0.15, 0.2) is 0 Å². The summed E-state index contributed by atoms with van der Waals surface area (Å²) in [5.74, 6) is -0.890. The Bertz CT molecular complexity index is 137. The molecule has 0 bridgehead atoms. The molecule has 0 aliphatic rings. The van der Waals surface area contributed by atoms with Crippen molar-refractivity contribution in [2.45, 2.75) is 6.42 Å². The van der Waals surface area contributed by atoms with E-state index >= 15 is 0 Å². The summed E-state index contributed by atoms with van der Waals surface area (Å²) in [6.07, 6.45) is -0.258. The molecule has 1 atom stereocenters. The van der Waals surface area contributed by atoms with Gasteiger partial charge in [0.15, 0.2) is 0 Å². The second-order valence-electron chi connectivity index (χ2n) is 1.15. The topological polar surface area (TPSA) is 83.8 Å². The molecular formula is C3H8Na2O5S. The monoisotopic (exact) mass is 202 g/mol. The number of aliphatic hydroxyl groups excluding tert-OH is 1. The van der Waals surface area contributed by atoms with Crippen LogP contribution in [0.5, 0.6) is 0 Å². The van der Waals surface area contributed by atoms with E-state index in [9.17, 15) is 9.00 Å². The van der Waals surface area contributed by atoms with Gasteiger partial charge in [0.1, 0.15) is 0 Å². The normalized spacial score (nSPS) is 10.4. The predicted octanol–water partition coefficient (Wildman–Crippen LogP) is -6.72. The van der Waals surface area contributed by atoms with Crippen LogP contribution < -0.4 is 59.1 Å². The zero-order valence-corrected chi connectivity index (χ0v) is 11.3. The van der Waals surface area contributed by atoms with Gasteiger partial charge in [0.05, 0.1) is 13.0 Å². The summed E-state index contributed by atoms with van der Waals surface area (Å²) < 4.78 is 21.3. The third-order valence-electron chi connectivity index (χ3n) is 0.480. The molecule has 11 heavy (non-hydrogen) atoms. The number of hydrogen-bond acceptors (Lipinski definition) is 4. The van der Waals surface area contributed by atoms with Crippen molar-refractivity contribution in [1.29, 1.82) is 0 Å². The van der Waals surface area contributed by atoms with Gasteiger partial charge in [0.25, 0.3) is 0 Å². The Morgan fingerprint density at radius 2 is 2.00 bits per heavy atom. The van der Waals surface area contributed by atoms with Crippen molar-refractivity contribution in [3.8, 4) is 0 Å². The van der Waals surface area contributed by atoms with Crippen molar-refractivity contribution in [2.75, 3.05) is 6.61 Å². The first-order valence-corrected chi connectivity index (χ1v) is 3.13. The molecule has 1 unspecified atom stereocenters. The Labute approximate surface area is 114 Å². The Morgan fingerprint density at radius 1 is 1.55 bits per heavy atom. The van der Waals surface area contributed by atoms with Gasteiger partial charge in [-0.15, -0.1) is 0 Å². The molecule has 0 amide bonds. The second kappa shape index (κ2) is 11.5. The van der Waals surface area contributed by atoms with Crippen LogP contribution in [0.3, 0.4) is 0 Å². The molecule has 0 aromatic heterocycles. The maximum Gasteiger partial charge on any atom is 1.00 e. The van der Waals surface area contributed by atoms with Gasteiger partial charge in [-0.05, 0) is 0 Å². The van der Waals surface area contributed by atoms with Gasteiger partial charge in [-0.2, -0.15) is 4.21 Å². The minimum absolute atomic E-state index is 0. The molecule has 5 nitrogen and oxygen atoms in total. The zero-order chi connectivity index (χ0) is 7.28. The molecule has 0 aromatic rings. The fourth-order valence-corrected chi connectivity index (χ4v) is 0.455. The molecular weight excluding hydrogens is 194 g/mol. The molecule has 58 valence electrons. The molecule has 0 spiro atoms. The average molecular weight is 202 g/mol. The van der Waals surface area contributed by atoms with Crippen LogP contribution >= 0.6 is 0 Å². The smallest absolute Gasteiger partial charge is 1.00 e. The van der Waals surface area contributed by atoms with Crippen molar-refractivity contribution < 1.29 is 84.8 Å². The van der Waals surface area contributed by atoms with Crippen molar-refractivity contribution in [3.63, 3.8) is 0 Å². The minimum Gasteiger partial charge on any atom is -1.00 e. The van der Waals surface area contributed by atoms with Crippen LogP contribution in [-0.2, 0) is 20.3 Å². The summed E-state index contributed by atoms with van der Waals surface area (Å²) in [6, 6.07) is 0. The van der Waals surface area contributed by atoms with E-state index in [-0.39, 0.29) is 75.0 Å². The maximum atomic E-state index is 10.1. The quantitative estimate of drug-likeness (QED) is 0.351. The molecule has 0 saturated carbocycles. The predicted molar refractivity (Wildman–Crippen MR) is 30.8 cm³/mol. The van der Waals surface area contributed by atoms with Gasteiger partial charge in [-0.3, -0.25) is 9.35 Å². The summed E-state index contributed by atoms with van der Waals surface area (Å²) in [5, 5.41) is 8.07. The van der Waals surface area contributed by atoms with Crippen LogP contribution in [-0.4, -0.2) is 26.4 Å². The summed E-state index contributed by atoms with van der Waals surface area (Å²) in [4.78, 5) is 10.1. The largest absolute Gasteiger partial charge is 1.00 e. The van der Waals surface area contributed by atoms with Crippen molar-refractivity contribution in [3.05, 3.63) is 0 Å². The van der Waals surface area contributed by atoms with Gasteiger partial charge in [0, 0.05) is 0 Å². The van der Waals surface area contributed by atoms with E-state index in [1.165, 1.54) is 0 Å². The van der Waals surface area contributed by atoms with E-state index in [1.54, 1.807) is 0 Å². The standard InChI is InChI=1S/C3H6O5S.2Na.2H/c4-2-1-3(5)8-9(6)7;;;;/h4H,1-2H2,(H,6,7);;;;/q;2*+1;2*-1. The van der Waals surface area contributed by atoms with Crippen LogP contribution in [0.2, 0.25) is 0 Å². The van der Waals surface area contributed by atoms with E-state index in [0.29, 0.717) is 0 Å². The average Bonchev–Trinajstić information content (AvgIpc) is 1.63. The molecule has 8 heteroatoms. The summed E-state index contributed by atoms with van der Waals surface area (Å²) >= 11 is -2.56. The SMILES string of the molecule is O=C(CCO)OS(=O)O.[H-].[H-].[Na+].[Na+]. The second-order valence-corrected chi connectivity index (χ2v) is 1.75. The molecule has 0 heterocycles. The van der Waals surface area contributed by atoms with Gasteiger partial charge < -0.3 is 12.1 Å². The first-order valence-electron chi connectivity index (χ1n) is 2.09. The molecule has 0 radical (unpaired) electrons. The Hall–Kier alpha value is 1.54. The minimum atomic E-state index is -2.56. The van der Waals surface area contributed by atoms with E-state index < -0.39 is 17.3 Å². The molecule has 0 fully saturated rings. The summed E-state index contributed by atoms with van der Waals surface area (Å²) in [7, 11) is 0. The van der Waals surface area contributed by atoms with Crippen LogP contribution in [0.1, 0.15) is 9.27 Å². The van der Waals surface area contributed by atoms with Crippen LogP contribution in [0, 0.1) is 0 Å². The third-order valence-corrected chi connectivity index (χ3v) is 0.809. The van der Waals surface area contributed by atoms with Gasteiger partial charge >= 0.3 is 76.4 Å². The molecule has 0 aliphatic carbocycles. The number of carbonyl (C=O) groups excluding carboxylic acids is 1. The Kier molecular flexibility index (Phi) is 19.2. The molecule has 0 aliphatic heterocycles. The van der Waals surface area contributed by atoms with Crippen LogP contribution in [0.25, 0.3) is 0 Å². The molecule has 2 N–H and O–H groups in total. The Morgan fingerprint density at radius 3 is 2.27 bits per heavy atom. The molecule has 0 saturated heterocycles. The Balaban J connectivity index is -0.0000000533. The van der Waals surface area contributed by atoms with E-state index in [1.807, 2.05) is 0 Å². The number of aliphatic hydroxyl groups is 1. The number of hydrogen-bond donors (Lipinski definition) is 2. The van der Waals surface area contributed by atoms with E-state index in [0.717, 1.165) is 0 Å². The number of carbonyl (C=O) groups is 1. The first-order chi connectivity index (χ1) is 4.16. The molecule has 0 rings (SSSR count). The van der Waals surface area contributed by atoms with E-state index in [2.05, 4.69) is 4.18 Å². The maximum absolute atomic E-state index is 10.1. The first kappa shape index (κ1) is 18.3. The van der Waals surface area contributed by atoms with Gasteiger partial charge in [-0.25, -0.2) is 0 Å². The van der Waals surface area contributed by atoms with Crippen molar-refractivity contribution in [2.24, 2.45) is 0 Å². The van der Waals surface area contributed by atoms with Gasteiger partial charge in [-0.1, -0.05) is 0 Å². The van der Waals surface area contributed by atoms with Crippen molar-refractivity contribution >= 4 is 17.3 Å². The fourth-order valence-electron chi connectivity index (χ4n) is 0.212. The summed E-state index contributed by atoms with van der Waals surface area (Å²) in [6.45, 7) is -0.379. The van der Waals surface area contributed by atoms with Crippen molar-refractivity contribution in [1.82, 2.24) is 0 Å². The van der Waals surface area contributed by atoms with Gasteiger partial charge in [0.2, 0.25) is 0 Å².